The number of allylic oxidation sites excluding steroid dienone is 4. The van der Waals surface area contributed by atoms with E-state index in [-0.39, 0.29) is 6.42 Å². The van der Waals surface area contributed by atoms with Crippen molar-refractivity contribution in [2.45, 2.75) is 84.2 Å². The second-order valence-corrected chi connectivity index (χ2v) is 6.95. The van der Waals surface area contributed by atoms with Crippen LogP contribution < -0.4 is 0 Å². The number of aliphatic hydroxyl groups is 1. The Bertz CT molecular complexity index is 476. The maximum absolute atomic E-state index is 10.6. The van der Waals surface area contributed by atoms with Gasteiger partial charge >= 0.3 is 5.97 Å². The van der Waals surface area contributed by atoms with Crippen molar-refractivity contribution < 1.29 is 19.7 Å². The van der Waals surface area contributed by atoms with Crippen molar-refractivity contribution in [3.63, 3.8) is 0 Å². The predicted molar refractivity (Wildman–Crippen MR) is 101 cm³/mol. The van der Waals surface area contributed by atoms with Crippen molar-refractivity contribution in [2.24, 2.45) is 5.92 Å². The molecule has 0 spiro atoms. The molecular weight excluding hydrogens is 316 g/mol. The van der Waals surface area contributed by atoms with E-state index < -0.39 is 12.1 Å². The van der Waals surface area contributed by atoms with E-state index in [1.165, 1.54) is 0 Å². The topological polar surface area (TPSA) is 66.8 Å². The van der Waals surface area contributed by atoms with Gasteiger partial charge in [0.05, 0.1) is 11.9 Å². The smallest absolute Gasteiger partial charge is 0.303 e. The summed E-state index contributed by atoms with van der Waals surface area (Å²) in [7, 11) is 0. The summed E-state index contributed by atoms with van der Waals surface area (Å²) in [4.78, 5) is 10.6. The molecule has 0 aromatic heterocycles. The van der Waals surface area contributed by atoms with E-state index in [4.69, 9.17) is 9.84 Å². The van der Waals surface area contributed by atoms with E-state index in [9.17, 15) is 9.90 Å². The highest BCUT2D eigenvalue weighted by Gasteiger charge is 2.11. The molecule has 0 aliphatic carbocycles. The molecule has 1 aliphatic rings. The van der Waals surface area contributed by atoms with Gasteiger partial charge in [-0.05, 0) is 43.8 Å². The Morgan fingerprint density at radius 2 is 2.04 bits per heavy atom. The molecule has 2 N–H and O–H groups in total. The molecule has 25 heavy (non-hydrogen) atoms. The van der Waals surface area contributed by atoms with Crippen molar-refractivity contribution in [1.29, 1.82) is 0 Å². The zero-order valence-corrected chi connectivity index (χ0v) is 15.7. The van der Waals surface area contributed by atoms with Gasteiger partial charge in [-0.25, -0.2) is 0 Å². The fourth-order valence-corrected chi connectivity index (χ4v) is 2.88. The number of carbonyl (C=O) groups is 1. The quantitative estimate of drug-likeness (QED) is 0.390. The first kappa shape index (κ1) is 21.5. The van der Waals surface area contributed by atoms with E-state index in [1.54, 1.807) is 6.08 Å². The van der Waals surface area contributed by atoms with Crippen LogP contribution in [0.4, 0.5) is 0 Å². The number of hydrogen-bond acceptors (Lipinski definition) is 3. The Morgan fingerprint density at radius 1 is 1.24 bits per heavy atom. The van der Waals surface area contributed by atoms with Gasteiger partial charge in [-0.3, -0.25) is 4.79 Å². The Kier molecular flexibility index (Phi) is 11.0. The zero-order valence-electron chi connectivity index (χ0n) is 15.7. The number of rotatable bonds is 11. The summed E-state index contributed by atoms with van der Waals surface area (Å²) in [6, 6.07) is 0. The molecule has 0 saturated heterocycles. The average molecular weight is 350 g/mol. The largest absolute Gasteiger partial charge is 0.481 e. The number of unbranched alkanes of at least 4 members (excludes halogenated alkanes) is 2. The normalized spacial score (nSPS) is 24.5. The molecule has 0 amide bonds. The van der Waals surface area contributed by atoms with Crippen LogP contribution in [0.1, 0.15) is 78.1 Å². The predicted octanol–water partition coefficient (Wildman–Crippen LogP) is 5.34. The summed E-state index contributed by atoms with van der Waals surface area (Å²) < 4.78 is 6.11. The first-order valence-corrected chi connectivity index (χ1v) is 9.65. The lowest BCUT2D eigenvalue weighted by Crippen LogP contribution is -2.03. The van der Waals surface area contributed by atoms with Crippen molar-refractivity contribution in [3.05, 3.63) is 35.8 Å². The van der Waals surface area contributed by atoms with Gasteiger partial charge in [-0.1, -0.05) is 45.3 Å². The highest BCUT2D eigenvalue weighted by atomic mass is 16.5. The molecule has 142 valence electrons. The minimum Gasteiger partial charge on any atom is -0.481 e. The van der Waals surface area contributed by atoms with Gasteiger partial charge in [0.25, 0.3) is 0 Å². The second kappa shape index (κ2) is 12.8. The van der Waals surface area contributed by atoms with Crippen LogP contribution in [-0.4, -0.2) is 22.3 Å². The van der Waals surface area contributed by atoms with Crippen molar-refractivity contribution >= 4 is 5.97 Å². The number of aliphatic hydroxyl groups excluding tert-OH is 1. The minimum absolute atomic E-state index is 0.247. The molecule has 0 aromatic carbocycles. The molecule has 0 unspecified atom stereocenters. The van der Waals surface area contributed by atoms with E-state index >= 15 is 0 Å². The third kappa shape index (κ3) is 10.8. The van der Waals surface area contributed by atoms with Crippen LogP contribution in [0, 0.1) is 5.92 Å². The molecule has 4 nitrogen and oxygen atoms in total. The summed E-state index contributed by atoms with van der Waals surface area (Å²) in [6.07, 6.45) is 15.8. The summed E-state index contributed by atoms with van der Waals surface area (Å²) >= 11 is 0. The van der Waals surface area contributed by atoms with Gasteiger partial charge in [0.2, 0.25) is 0 Å². The molecule has 0 fully saturated rings. The van der Waals surface area contributed by atoms with Crippen LogP contribution >= 0.6 is 0 Å². The van der Waals surface area contributed by atoms with Gasteiger partial charge in [-0.2, -0.15) is 0 Å². The fraction of sp³-hybridized carbons (Fsp3) is 0.667. The molecule has 1 heterocycles. The van der Waals surface area contributed by atoms with Crippen LogP contribution in [0.3, 0.4) is 0 Å². The lowest BCUT2D eigenvalue weighted by atomic mass is 9.98. The number of carboxylic acid groups (broad SMARTS) is 1. The van der Waals surface area contributed by atoms with E-state index in [0.717, 1.165) is 69.3 Å². The number of carboxylic acids is 1. The van der Waals surface area contributed by atoms with Gasteiger partial charge in [-0.15, -0.1) is 0 Å². The van der Waals surface area contributed by atoms with Crippen LogP contribution in [-0.2, 0) is 9.53 Å². The van der Waals surface area contributed by atoms with Gasteiger partial charge in [0, 0.05) is 19.3 Å². The summed E-state index contributed by atoms with van der Waals surface area (Å²) in [5.74, 6) is 1.58. The number of ether oxygens (including phenoxy) is 1. The summed E-state index contributed by atoms with van der Waals surface area (Å²) in [5.41, 5.74) is 0. The fourth-order valence-electron chi connectivity index (χ4n) is 2.88. The first-order chi connectivity index (χ1) is 12.0. The number of aliphatic carboxylic acids is 1. The SMILES string of the molecule is CCCCC/C1=C/[C@H](O)/C=C\C/C=C(/CC[C@H](C)CCCC(=O)O)O1. The highest BCUT2D eigenvalue weighted by molar-refractivity contribution is 5.66. The molecular formula is C21H34O4. The van der Waals surface area contributed by atoms with Crippen molar-refractivity contribution in [1.82, 2.24) is 0 Å². The molecule has 1 aliphatic heterocycles. The Labute approximate surface area is 152 Å². The monoisotopic (exact) mass is 350 g/mol. The molecule has 2 atom stereocenters. The highest BCUT2D eigenvalue weighted by Crippen LogP contribution is 2.23. The molecule has 0 radical (unpaired) electrons. The van der Waals surface area contributed by atoms with Gasteiger partial charge < -0.3 is 14.9 Å². The molecule has 0 saturated carbocycles. The maximum Gasteiger partial charge on any atom is 0.303 e. The minimum atomic E-state index is -0.721. The van der Waals surface area contributed by atoms with E-state index in [1.807, 2.05) is 12.2 Å². The van der Waals surface area contributed by atoms with Crippen LogP contribution in [0.2, 0.25) is 0 Å². The number of hydrogen-bond donors (Lipinski definition) is 2. The summed E-state index contributed by atoms with van der Waals surface area (Å²) in [5, 5.41) is 18.7. The molecule has 0 aromatic rings. The van der Waals surface area contributed by atoms with E-state index in [2.05, 4.69) is 19.9 Å². The van der Waals surface area contributed by atoms with Crippen LogP contribution in [0.25, 0.3) is 0 Å². The third-order valence-corrected chi connectivity index (χ3v) is 4.43. The van der Waals surface area contributed by atoms with Crippen LogP contribution in [0.5, 0.6) is 0 Å². The van der Waals surface area contributed by atoms with E-state index in [0.29, 0.717) is 5.92 Å². The standard InChI is InChI=1S/C21H34O4/c1-3-4-5-12-20-16-18(22)10-6-7-11-19(25-20)15-14-17(2)9-8-13-21(23)24/h6,10-11,16-18,22H,3-5,7-9,12-15H2,1-2H3,(H,23,24)/b10-6-,19-11-,20-16-/t17-,18-/m1/s1. The van der Waals surface area contributed by atoms with Gasteiger partial charge in [0.1, 0.15) is 5.76 Å². The van der Waals surface area contributed by atoms with Crippen molar-refractivity contribution in [3.8, 4) is 0 Å². The lowest BCUT2D eigenvalue weighted by molar-refractivity contribution is -0.137. The molecule has 0 bridgehead atoms. The first-order valence-electron chi connectivity index (χ1n) is 9.65. The van der Waals surface area contributed by atoms with Crippen LogP contribution in [0.15, 0.2) is 35.8 Å². The van der Waals surface area contributed by atoms with Gasteiger partial charge in [0.15, 0.2) is 0 Å². The average Bonchev–Trinajstić information content (AvgIpc) is 2.63. The molecule has 4 heteroatoms. The molecule has 1 rings (SSSR count). The third-order valence-electron chi connectivity index (χ3n) is 4.43. The van der Waals surface area contributed by atoms with Crippen molar-refractivity contribution in [2.75, 3.05) is 0 Å². The lowest BCUT2D eigenvalue weighted by Gasteiger charge is -2.16. The second-order valence-electron chi connectivity index (χ2n) is 6.95. The Morgan fingerprint density at radius 3 is 2.76 bits per heavy atom. The summed E-state index contributed by atoms with van der Waals surface area (Å²) in [6.45, 7) is 4.34. The maximum atomic E-state index is 10.6. The Balaban J connectivity index is 2.53. The zero-order chi connectivity index (χ0) is 18.5. The Hall–Kier alpha value is -1.55.